The van der Waals surface area contributed by atoms with Crippen LogP contribution in [0.15, 0.2) is 64.8 Å². The SMILES string of the molecule is COc1c(Cl)cc(/C(O)=C2/C(=O)C(=O)N(c3ccc(F)cc3)C2c2ccco2)cc1Cl. The van der Waals surface area contributed by atoms with Crippen LogP contribution in [0.25, 0.3) is 5.76 Å². The van der Waals surface area contributed by atoms with Gasteiger partial charge in [0.2, 0.25) is 0 Å². The van der Waals surface area contributed by atoms with E-state index in [-0.39, 0.29) is 38.4 Å². The van der Waals surface area contributed by atoms with Crippen molar-refractivity contribution in [3.8, 4) is 5.75 Å². The average Bonchev–Trinajstić information content (AvgIpc) is 3.35. The summed E-state index contributed by atoms with van der Waals surface area (Å²) in [6.07, 6.45) is 1.38. The lowest BCUT2D eigenvalue weighted by atomic mass is 9.99. The lowest BCUT2D eigenvalue weighted by molar-refractivity contribution is -0.132. The molecule has 1 atom stereocenters. The first-order valence-electron chi connectivity index (χ1n) is 8.97. The molecule has 1 aliphatic heterocycles. The molecule has 0 saturated carbocycles. The Balaban J connectivity index is 1.92. The fourth-order valence-electron chi connectivity index (χ4n) is 3.46. The second kappa shape index (κ2) is 8.09. The maximum atomic E-state index is 13.4. The molecule has 158 valence electrons. The van der Waals surface area contributed by atoms with Crippen LogP contribution in [-0.4, -0.2) is 23.9 Å². The minimum Gasteiger partial charge on any atom is -0.507 e. The molecule has 0 spiro atoms. The minimum absolute atomic E-state index is 0.110. The number of ketones is 1. The van der Waals surface area contributed by atoms with Crippen molar-refractivity contribution in [3.05, 3.63) is 87.6 Å². The molecule has 1 amide bonds. The van der Waals surface area contributed by atoms with Gasteiger partial charge in [-0.2, -0.15) is 0 Å². The smallest absolute Gasteiger partial charge is 0.300 e. The van der Waals surface area contributed by atoms with Gasteiger partial charge in [0.05, 0.1) is 29.0 Å². The maximum Gasteiger partial charge on any atom is 0.300 e. The van der Waals surface area contributed by atoms with Crippen molar-refractivity contribution in [2.45, 2.75) is 6.04 Å². The number of aliphatic hydroxyl groups is 1. The molecular weight excluding hydrogens is 448 g/mol. The molecule has 1 aromatic heterocycles. The summed E-state index contributed by atoms with van der Waals surface area (Å²) in [7, 11) is 1.39. The van der Waals surface area contributed by atoms with E-state index in [1.54, 1.807) is 12.1 Å². The summed E-state index contributed by atoms with van der Waals surface area (Å²) in [5, 5.41) is 11.2. The zero-order chi connectivity index (χ0) is 22.3. The Morgan fingerprint density at radius 2 is 1.77 bits per heavy atom. The normalized spacial score (nSPS) is 17.9. The largest absolute Gasteiger partial charge is 0.507 e. The number of furan rings is 1. The quantitative estimate of drug-likeness (QED) is 0.321. The fourth-order valence-corrected chi connectivity index (χ4v) is 4.11. The molecule has 1 saturated heterocycles. The number of anilines is 1. The van der Waals surface area contributed by atoms with E-state index < -0.39 is 29.3 Å². The molecule has 31 heavy (non-hydrogen) atoms. The van der Waals surface area contributed by atoms with Crippen LogP contribution in [0.3, 0.4) is 0 Å². The number of carbonyl (C=O) groups is 2. The van der Waals surface area contributed by atoms with E-state index in [1.165, 1.54) is 37.6 Å². The van der Waals surface area contributed by atoms with E-state index >= 15 is 0 Å². The number of carbonyl (C=O) groups excluding carboxylic acids is 2. The molecule has 1 aliphatic rings. The topological polar surface area (TPSA) is 80.0 Å². The molecule has 4 rings (SSSR count). The molecule has 6 nitrogen and oxygen atoms in total. The van der Waals surface area contributed by atoms with E-state index in [2.05, 4.69) is 0 Å². The van der Waals surface area contributed by atoms with Gasteiger partial charge in [-0.1, -0.05) is 23.2 Å². The number of methoxy groups -OCH3 is 1. The van der Waals surface area contributed by atoms with Gasteiger partial charge in [0.25, 0.3) is 11.7 Å². The molecule has 0 aliphatic carbocycles. The zero-order valence-electron chi connectivity index (χ0n) is 15.9. The van der Waals surface area contributed by atoms with Gasteiger partial charge in [-0.3, -0.25) is 14.5 Å². The molecule has 0 bridgehead atoms. The molecular formula is C22H14Cl2FNO5. The number of hydrogen-bond acceptors (Lipinski definition) is 5. The first-order valence-corrected chi connectivity index (χ1v) is 9.72. The Bertz CT molecular complexity index is 1180. The van der Waals surface area contributed by atoms with Crippen molar-refractivity contribution in [2.24, 2.45) is 0 Å². The highest BCUT2D eigenvalue weighted by Crippen LogP contribution is 2.43. The molecule has 0 radical (unpaired) electrons. The monoisotopic (exact) mass is 461 g/mol. The third-order valence-corrected chi connectivity index (χ3v) is 5.40. The Kier molecular flexibility index (Phi) is 5.47. The number of nitrogens with zero attached hydrogens (tertiary/aromatic N) is 1. The van der Waals surface area contributed by atoms with Gasteiger partial charge in [-0.25, -0.2) is 4.39 Å². The van der Waals surface area contributed by atoms with E-state index in [0.717, 1.165) is 17.0 Å². The number of halogens is 3. The number of aliphatic hydroxyl groups excluding tert-OH is 1. The predicted molar refractivity (Wildman–Crippen MR) is 113 cm³/mol. The Morgan fingerprint density at radius 3 is 2.32 bits per heavy atom. The summed E-state index contributed by atoms with van der Waals surface area (Å²) in [4.78, 5) is 27.0. The van der Waals surface area contributed by atoms with E-state index in [9.17, 15) is 19.1 Å². The summed E-state index contributed by atoms with van der Waals surface area (Å²) in [5.74, 6) is -2.40. The number of amides is 1. The van der Waals surface area contributed by atoms with Gasteiger partial charge in [0, 0.05) is 11.3 Å². The molecule has 2 aromatic carbocycles. The van der Waals surface area contributed by atoms with Gasteiger partial charge in [-0.05, 0) is 48.5 Å². The maximum absolute atomic E-state index is 13.4. The lowest BCUT2D eigenvalue weighted by Crippen LogP contribution is -2.29. The molecule has 3 aromatic rings. The standard InChI is InChI=1S/C22H14Cl2FNO5/c1-30-21-14(23)9-11(10-15(21)24)19(27)17-18(16-3-2-8-31-16)26(22(29)20(17)28)13-6-4-12(25)5-7-13/h2-10,18,27H,1H3/b19-17-. The number of benzene rings is 2. The molecule has 1 fully saturated rings. The predicted octanol–water partition coefficient (Wildman–Crippen LogP) is 5.36. The highest BCUT2D eigenvalue weighted by molar-refractivity contribution is 6.51. The molecule has 1 N–H and O–H groups in total. The van der Waals surface area contributed by atoms with E-state index in [4.69, 9.17) is 32.4 Å². The van der Waals surface area contributed by atoms with Gasteiger partial charge in [-0.15, -0.1) is 0 Å². The average molecular weight is 462 g/mol. The summed E-state index contributed by atoms with van der Waals surface area (Å²) < 4.78 is 24.0. The van der Waals surface area contributed by atoms with Crippen LogP contribution < -0.4 is 9.64 Å². The van der Waals surface area contributed by atoms with Gasteiger partial charge < -0.3 is 14.3 Å². The van der Waals surface area contributed by atoms with Crippen LogP contribution in [0.1, 0.15) is 17.4 Å². The number of ether oxygens (including phenoxy) is 1. The Morgan fingerprint density at radius 1 is 1.13 bits per heavy atom. The van der Waals surface area contributed by atoms with E-state index in [1.807, 2.05) is 0 Å². The van der Waals surface area contributed by atoms with Crippen molar-refractivity contribution >= 4 is 46.3 Å². The summed E-state index contributed by atoms with van der Waals surface area (Å²) in [5.41, 5.74) is 0.154. The van der Waals surface area contributed by atoms with Crippen molar-refractivity contribution in [3.63, 3.8) is 0 Å². The molecule has 2 heterocycles. The van der Waals surface area contributed by atoms with Crippen molar-refractivity contribution < 1.29 is 28.2 Å². The Labute approximate surface area is 186 Å². The van der Waals surface area contributed by atoms with E-state index in [0.29, 0.717) is 0 Å². The summed E-state index contributed by atoms with van der Waals surface area (Å²) in [6.45, 7) is 0. The first-order chi connectivity index (χ1) is 14.8. The minimum atomic E-state index is -1.08. The summed E-state index contributed by atoms with van der Waals surface area (Å²) >= 11 is 12.3. The fraction of sp³-hybridized carbons (Fsp3) is 0.0909. The second-order valence-corrected chi connectivity index (χ2v) is 7.45. The first kappa shape index (κ1) is 21.0. The number of Topliss-reactive ketones (excluding diaryl/α,β-unsaturated/α-hetero) is 1. The van der Waals surface area contributed by atoms with Crippen LogP contribution in [-0.2, 0) is 9.59 Å². The zero-order valence-corrected chi connectivity index (χ0v) is 17.4. The van der Waals surface area contributed by atoms with Gasteiger partial charge in [0.15, 0.2) is 5.75 Å². The van der Waals surface area contributed by atoms with Crippen LogP contribution >= 0.6 is 23.2 Å². The number of hydrogen-bond donors (Lipinski definition) is 1. The van der Waals surface area contributed by atoms with Crippen molar-refractivity contribution in [1.82, 2.24) is 0 Å². The lowest BCUT2D eigenvalue weighted by Gasteiger charge is -2.23. The third kappa shape index (κ3) is 3.56. The molecule has 1 unspecified atom stereocenters. The van der Waals surface area contributed by atoms with Gasteiger partial charge in [0.1, 0.15) is 23.4 Å². The van der Waals surface area contributed by atoms with Crippen LogP contribution in [0.4, 0.5) is 10.1 Å². The number of rotatable bonds is 4. The highest BCUT2D eigenvalue weighted by atomic mass is 35.5. The van der Waals surface area contributed by atoms with Crippen LogP contribution in [0, 0.1) is 5.82 Å². The van der Waals surface area contributed by atoms with Gasteiger partial charge >= 0.3 is 0 Å². The molecule has 9 heteroatoms. The van der Waals surface area contributed by atoms with Crippen LogP contribution in [0.2, 0.25) is 10.0 Å². The van der Waals surface area contributed by atoms with Crippen molar-refractivity contribution in [1.29, 1.82) is 0 Å². The summed E-state index contributed by atoms with van der Waals surface area (Å²) in [6, 6.07) is 9.84. The Hall–Kier alpha value is -3.29. The van der Waals surface area contributed by atoms with Crippen LogP contribution in [0.5, 0.6) is 5.75 Å². The highest BCUT2D eigenvalue weighted by Gasteiger charge is 2.48. The third-order valence-electron chi connectivity index (χ3n) is 4.84. The second-order valence-electron chi connectivity index (χ2n) is 6.63. The van der Waals surface area contributed by atoms with Crippen molar-refractivity contribution in [2.75, 3.05) is 12.0 Å².